The molecule has 1 saturated carbocycles. The van der Waals surface area contributed by atoms with E-state index in [1.54, 1.807) is 22.6 Å². The van der Waals surface area contributed by atoms with E-state index in [0.29, 0.717) is 67.9 Å². The number of piperazine rings is 1. The van der Waals surface area contributed by atoms with Crippen molar-refractivity contribution in [2.75, 3.05) is 41.9 Å². The van der Waals surface area contributed by atoms with Crippen molar-refractivity contribution in [2.24, 2.45) is 0 Å². The Morgan fingerprint density at radius 1 is 1.17 bits per heavy atom. The lowest BCUT2D eigenvalue weighted by molar-refractivity contribution is -0.140. The number of aromatic nitrogens is 6. The molecule has 53 heavy (non-hydrogen) atoms. The zero-order valence-electron chi connectivity index (χ0n) is 30.1. The number of carbonyl (C=O) groups is 1. The number of aromatic hydroxyl groups is 1. The molecule has 4 aromatic rings. The van der Waals surface area contributed by atoms with Gasteiger partial charge in [0.05, 0.1) is 29.6 Å². The Hall–Kier alpha value is -4.93. The van der Waals surface area contributed by atoms with Crippen LogP contribution in [0, 0.1) is 12.7 Å². The molecule has 2 N–H and O–H groups in total. The van der Waals surface area contributed by atoms with E-state index in [2.05, 4.69) is 20.4 Å². The van der Waals surface area contributed by atoms with Crippen LogP contribution in [0.25, 0.3) is 11.4 Å². The second-order valence-electron chi connectivity index (χ2n) is 14.1. The van der Waals surface area contributed by atoms with Gasteiger partial charge in [-0.3, -0.25) is 9.59 Å². The quantitative estimate of drug-likeness (QED) is 0.214. The predicted octanol–water partition coefficient (Wildman–Crippen LogP) is 5.48. The number of anilines is 3. The minimum Gasteiger partial charge on any atom is -0.492 e. The molecule has 13 nitrogen and oxygen atoms in total. The maximum absolute atomic E-state index is 14.8. The van der Waals surface area contributed by atoms with Crippen molar-refractivity contribution in [3.8, 4) is 5.88 Å². The highest BCUT2D eigenvalue weighted by Gasteiger charge is 2.36. The van der Waals surface area contributed by atoms with Crippen LogP contribution in [0.15, 0.2) is 29.2 Å². The van der Waals surface area contributed by atoms with Gasteiger partial charge in [-0.25, -0.2) is 9.07 Å². The lowest BCUT2D eigenvalue weighted by atomic mass is 9.93. The minimum atomic E-state index is -4.89. The van der Waals surface area contributed by atoms with Crippen LogP contribution in [0.5, 0.6) is 5.88 Å². The predicted molar refractivity (Wildman–Crippen MR) is 190 cm³/mol. The number of carbonyl (C=O) groups excluding carboxylic acids is 1. The number of fused-ring (bicyclic) bond motifs is 1. The number of nitrogens with one attached hydrogen (secondary N) is 1. The van der Waals surface area contributed by atoms with E-state index in [1.165, 1.54) is 11.4 Å². The van der Waals surface area contributed by atoms with Gasteiger partial charge >= 0.3 is 6.18 Å². The molecule has 1 unspecified atom stereocenters. The lowest BCUT2D eigenvalue weighted by Gasteiger charge is -2.42. The van der Waals surface area contributed by atoms with Crippen LogP contribution in [-0.2, 0) is 28.7 Å². The number of benzene rings is 1. The number of amides is 1. The minimum absolute atomic E-state index is 0.0615. The van der Waals surface area contributed by atoms with E-state index in [0.717, 1.165) is 37.3 Å². The molecule has 0 radical (unpaired) electrons. The van der Waals surface area contributed by atoms with Gasteiger partial charge in [0.25, 0.3) is 5.56 Å². The van der Waals surface area contributed by atoms with Gasteiger partial charge in [0.15, 0.2) is 5.82 Å². The van der Waals surface area contributed by atoms with Crippen molar-refractivity contribution in [2.45, 2.75) is 96.6 Å². The molecule has 3 aromatic heterocycles. The third-order valence-electron chi connectivity index (χ3n) is 10.8. The zero-order valence-corrected chi connectivity index (χ0v) is 30.1. The summed E-state index contributed by atoms with van der Waals surface area (Å²) in [6.45, 7) is 5.94. The topological polar surface area (TPSA) is 135 Å². The van der Waals surface area contributed by atoms with Crippen molar-refractivity contribution in [3.63, 3.8) is 0 Å². The fourth-order valence-electron chi connectivity index (χ4n) is 7.63. The molecule has 0 bridgehead atoms. The first kappa shape index (κ1) is 36.4. The van der Waals surface area contributed by atoms with Crippen LogP contribution >= 0.6 is 0 Å². The molecule has 4 heterocycles. The molecular weight excluding hydrogens is 698 g/mol. The average Bonchev–Trinajstić information content (AvgIpc) is 3.71. The summed E-state index contributed by atoms with van der Waals surface area (Å²) in [5.74, 6) is -1.51. The number of methoxy groups -OCH3 is 1. The van der Waals surface area contributed by atoms with E-state index < -0.39 is 29.0 Å². The first-order valence-electron chi connectivity index (χ1n) is 18.0. The summed E-state index contributed by atoms with van der Waals surface area (Å²) < 4.78 is 64.7. The molecule has 17 heteroatoms. The van der Waals surface area contributed by atoms with Gasteiger partial charge in [-0.15, -0.1) is 5.10 Å². The molecule has 1 amide bonds. The normalized spacial score (nSPS) is 19.8. The zero-order chi connectivity index (χ0) is 37.8. The standard InChI is InChI=1S/C36H43F4N9O4/c1-5-27-31(45-15-16-46(20(2)18-45)28-17-41-48(33(28)51)23-7-6-8-23)34(52)49-35(43-32(44-49)22-9-11-24(53-4)12-10-22)47(27)19-29(50)42-26-14-13-25(36(38,39)40)30(37)21(26)3/h9,13-14,17,20,23-24,51H,5-8,10-12,15-16,18-19H2,1-4H3,(H,42,50)/t20-,24?/m1/s1. The van der Waals surface area contributed by atoms with Gasteiger partial charge in [-0.2, -0.15) is 27.8 Å². The van der Waals surface area contributed by atoms with E-state index in [1.807, 2.05) is 24.8 Å². The van der Waals surface area contributed by atoms with Crippen molar-refractivity contribution in [3.05, 3.63) is 63.2 Å². The highest BCUT2D eigenvalue weighted by Crippen LogP contribution is 2.39. The molecule has 0 spiro atoms. The Bertz CT molecular complexity index is 2140. The van der Waals surface area contributed by atoms with E-state index in [9.17, 15) is 32.3 Å². The van der Waals surface area contributed by atoms with Crippen molar-refractivity contribution in [1.82, 2.24) is 28.9 Å². The van der Waals surface area contributed by atoms with Crippen LogP contribution in [-0.4, -0.2) is 78.8 Å². The molecule has 2 atom stereocenters. The van der Waals surface area contributed by atoms with Gasteiger partial charge < -0.3 is 29.5 Å². The third-order valence-corrected chi connectivity index (χ3v) is 10.8. The van der Waals surface area contributed by atoms with E-state index in [4.69, 9.17) is 9.72 Å². The molecular formula is C36H43F4N9O4. The number of allylic oxidation sites excluding steroid dienone is 1. The van der Waals surface area contributed by atoms with Gasteiger partial charge in [0.2, 0.25) is 17.6 Å². The molecule has 7 rings (SSSR count). The highest BCUT2D eigenvalue weighted by molar-refractivity contribution is 5.92. The van der Waals surface area contributed by atoms with Crippen LogP contribution in [0.4, 0.5) is 34.6 Å². The maximum atomic E-state index is 14.8. The van der Waals surface area contributed by atoms with Crippen molar-refractivity contribution < 1.29 is 32.2 Å². The van der Waals surface area contributed by atoms with Gasteiger partial charge in [-0.1, -0.05) is 13.0 Å². The Kier molecular flexibility index (Phi) is 9.72. The summed E-state index contributed by atoms with van der Waals surface area (Å²) in [4.78, 5) is 36.9. The van der Waals surface area contributed by atoms with Gasteiger partial charge in [-0.05, 0) is 76.5 Å². The second kappa shape index (κ2) is 14.1. The number of rotatable bonds is 9. The van der Waals surface area contributed by atoms with Crippen LogP contribution in [0.1, 0.15) is 81.1 Å². The first-order chi connectivity index (χ1) is 25.3. The average molecular weight is 742 g/mol. The van der Waals surface area contributed by atoms with Gasteiger partial charge in [0, 0.05) is 44.0 Å². The Morgan fingerprint density at radius 2 is 1.94 bits per heavy atom. The van der Waals surface area contributed by atoms with Crippen molar-refractivity contribution >= 4 is 34.3 Å². The molecule has 2 aliphatic carbocycles. The van der Waals surface area contributed by atoms with Gasteiger partial charge in [0.1, 0.15) is 23.7 Å². The van der Waals surface area contributed by atoms with Crippen LogP contribution in [0.3, 0.4) is 0 Å². The lowest BCUT2D eigenvalue weighted by Crippen LogP contribution is -2.54. The largest absolute Gasteiger partial charge is 0.492 e. The molecule has 284 valence electrons. The fraction of sp³-hybridized carbons (Fsp3) is 0.528. The number of hydrogen-bond donors (Lipinski definition) is 2. The maximum Gasteiger partial charge on any atom is 0.419 e. The monoisotopic (exact) mass is 741 g/mol. The summed E-state index contributed by atoms with van der Waals surface area (Å²) >= 11 is 0. The number of ether oxygens (including phenoxy) is 1. The van der Waals surface area contributed by atoms with E-state index >= 15 is 0 Å². The third kappa shape index (κ3) is 6.63. The SMILES string of the molecule is CCc1c(N2CCN(c3cnn(C4CCC4)c3O)[C@H](C)C2)c(=O)n2nc(C3=CCC(OC)CC3)nc2n1CC(=O)Nc1ccc(C(F)(F)F)c(F)c1C. The number of halogens is 4. The summed E-state index contributed by atoms with van der Waals surface area (Å²) in [7, 11) is 1.66. The van der Waals surface area contributed by atoms with E-state index in [-0.39, 0.29) is 47.6 Å². The fourth-order valence-corrected chi connectivity index (χ4v) is 7.63. The summed E-state index contributed by atoms with van der Waals surface area (Å²) in [6, 6.07) is 1.67. The summed E-state index contributed by atoms with van der Waals surface area (Å²) in [5.41, 5.74) is 0.0641. The van der Waals surface area contributed by atoms with Crippen LogP contribution < -0.4 is 20.7 Å². The van der Waals surface area contributed by atoms with Crippen LogP contribution in [0.2, 0.25) is 0 Å². The number of nitrogens with zero attached hydrogens (tertiary/aromatic N) is 8. The van der Waals surface area contributed by atoms with Crippen molar-refractivity contribution in [1.29, 1.82) is 0 Å². The Morgan fingerprint density at radius 3 is 2.57 bits per heavy atom. The first-order valence-corrected chi connectivity index (χ1v) is 18.0. The molecule has 3 aliphatic rings. The Balaban J connectivity index is 1.25. The molecule has 2 fully saturated rings. The molecule has 1 aromatic carbocycles. The number of hydrogen-bond acceptors (Lipinski definition) is 9. The summed E-state index contributed by atoms with van der Waals surface area (Å²) in [6.07, 6.45) is 4.24. The Labute approximate surface area is 302 Å². The molecule has 1 saturated heterocycles. The smallest absolute Gasteiger partial charge is 0.419 e. The highest BCUT2D eigenvalue weighted by atomic mass is 19.4. The summed E-state index contributed by atoms with van der Waals surface area (Å²) in [5, 5.41) is 22.7. The number of alkyl halides is 3. The second-order valence-corrected chi connectivity index (χ2v) is 14.1. The molecule has 1 aliphatic heterocycles.